The molecule has 0 aliphatic heterocycles. The number of thioether (sulfide) groups is 1. The average molecular weight is 353 g/mol. The summed E-state index contributed by atoms with van der Waals surface area (Å²) in [5.74, 6) is 1.93. The number of para-hydroxylation sites is 1. The monoisotopic (exact) mass is 353 g/mol. The van der Waals surface area contributed by atoms with Crippen LogP contribution < -0.4 is 5.32 Å². The van der Waals surface area contributed by atoms with Gasteiger partial charge in [0.15, 0.2) is 5.65 Å². The van der Waals surface area contributed by atoms with E-state index in [1.807, 2.05) is 24.3 Å². The third kappa shape index (κ3) is 2.76. The maximum atomic E-state index is 12.2. The fraction of sp³-hybridized carbons (Fsp3) is 0.444. The highest BCUT2D eigenvalue weighted by molar-refractivity contribution is 7.99. The molecule has 2 aliphatic rings. The molecule has 0 saturated heterocycles. The molecule has 2 heterocycles. The van der Waals surface area contributed by atoms with Crippen molar-refractivity contribution in [1.82, 2.24) is 25.5 Å². The molecule has 2 aliphatic carbocycles. The minimum absolute atomic E-state index is 0.0721. The van der Waals surface area contributed by atoms with Crippen molar-refractivity contribution in [3.05, 3.63) is 24.3 Å². The molecule has 6 nitrogen and oxygen atoms in total. The average Bonchev–Trinajstić information content (AvgIpc) is 3.33. The number of fused-ring (bicyclic) bond motifs is 5. The Hall–Kier alpha value is -2.15. The lowest BCUT2D eigenvalue weighted by Crippen LogP contribution is -2.39. The fourth-order valence-electron chi connectivity index (χ4n) is 4.37. The van der Waals surface area contributed by atoms with Crippen LogP contribution in [0.4, 0.5) is 0 Å². The highest BCUT2D eigenvalue weighted by atomic mass is 32.2. The van der Waals surface area contributed by atoms with E-state index < -0.39 is 0 Å². The second kappa shape index (κ2) is 5.98. The Balaban J connectivity index is 1.26. The Morgan fingerprint density at radius 1 is 1.24 bits per heavy atom. The summed E-state index contributed by atoms with van der Waals surface area (Å²) in [6.07, 6.45) is 5.06. The van der Waals surface area contributed by atoms with Gasteiger partial charge in [-0.3, -0.25) is 4.79 Å². The quantitative estimate of drug-likeness (QED) is 0.705. The maximum Gasteiger partial charge on any atom is 0.230 e. The topological polar surface area (TPSA) is 83.6 Å². The normalized spacial score (nSPS) is 25.0. The molecule has 1 amide bonds. The van der Waals surface area contributed by atoms with Crippen LogP contribution in [-0.2, 0) is 4.79 Å². The Morgan fingerprint density at radius 3 is 3.00 bits per heavy atom. The second-order valence-corrected chi connectivity index (χ2v) is 8.04. The number of hydrogen-bond donors (Lipinski definition) is 2. The molecule has 2 saturated carbocycles. The number of aromatic nitrogens is 4. The van der Waals surface area contributed by atoms with Crippen LogP contribution in [0.15, 0.2) is 29.4 Å². The van der Waals surface area contributed by atoms with E-state index in [2.05, 4.69) is 25.5 Å². The number of carbonyl (C=O) groups is 1. The molecule has 0 radical (unpaired) electrons. The van der Waals surface area contributed by atoms with E-state index in [1.165, 1.54) is 31.0 Å². The molecule has 2 bridgehead atoms. The van der Waals surface area contributed by atoms with Crippen molar-refractivity contribution < 1.29 is 4.79 Å². The number of nitrogens with one attached hydrogen (secondary N) is 2. The minimum atomic E-state index is 0.0721. The number of H-pyrrole nitrogens is 1. The summed E-state index contributed by atoms with van der Waals surface area (Å²) >= 11 is 1.34. The zero-order chi connectivity index (χ0) is 16.8. The molecule has 2 aromatic heterocycles. The lowest BCUT2D eigenvalue weighted by Gasteiger charge is -2.22. The first-order valence-electron chi connectivity index (χ1n) is 8.79. The van der Waals surface area contributed by atoms with E-state index in [9.17, 15) is 4.79 Å². The summed E-state index contributed by atoms with van der Waals surface area (Å²) in [5.41, 5.74) is 2.48. The zero-order valence-electron chi connectivity index (χ0n) is 13.7. The van der Waals surface area contributed by atoms with E-state index in [-0.39, 0.29) is 5.91 Å². The smallest absolute Gasteiger partial charge is 0.230 e. The van der Waals surface area contributed by atoms with E-state index in [4.69, 9.17) is 0 Å². The van der Waals surface area contributed by atoms with Gasteiger partial charge < -0.3 is 10.3 Å². The third-order valence-corrected chi connectivity index (χ3v) is 6.36. The van der Waals surface area contributed by atoms with Crippen molar-refractivity contribution in [2.75, 3.05) is 5.75 Å². The van der Waals surface area contributed by atoms with Crippen molar-refractivity contribution >= 4 is 39.7 Å². The highest BCUT2D eigenvalue weighted by Gasteiger charge is 2.39. The van der Waals surface area contributed by atoms with Crippen LogP contribution in [0.3, 0.4) is 0 Å². The van der Waals surface area contributed by atoms with Crippen LogP contribution in [0.1, 0.15) is 25.7 Å². The number of nitrogens with zero attached hydrogens (tertiary/aromatic N) is 3. The number of amides is 1. The van der Waals surface area contributed by atoms with E-state index in [0.29, 0.717) is 28.5 Å². The SMILES string of the molecule is O=C(CSc1nnc2c(n1)[nH]c1ccccc12)N[C@H]1C[C@H]2CC[C@H]1C2. The second-order valence-electron chi connectivity index (χ2n) is 7.10. The Morgan fingerprint density at radius 2 is 2.16 bits per heavy atom. The van der Waals surface area contributed by atoms with Gasteiger partial charge in [0.25, 0.3) is 0 Å². The highest BCUT2D eigenvalue weighted by Crippen LogP contribution is 2.44. The summed E-state index contributed by atoms with van der Waals surface area (Å²) in [6.45, 7) is 0. The molecular formula is C18H19N5OS. The molecular weight excluding hydrogens is 334 g/mol. The number of hydrogen-bond acceptors (Lipinski definition) is 5. The lowest BCUT2D eigenvalue weighted by molar-refractivity contribution is -0.119. The van der Waals surface area contributed by atoms with Crippen molar-refractivity contribution in [3.63, 3.8) is 0 Å². The van der Waals surface area contributed by atoms with Crippen LogP contribution in [-0.4, -0.2) is 37.9 Å². The van der Waals surface area contributed by atoms with Gasteiger partial charge in [-0.25, -0.2) is 4.98 Å². The summed E-state index contributed by atoms with van der Waals surface area (Å²) in [7, 11) is 0. The summed E-state index contributed by atoms with van der Waals surface area (Å²) in [4.78, 5) is 20.0. The third-order valence-electron chi connectivity index (χ3n) is 5.52. The Kier molecular flexibility index (Phi) is 3.62. The molecule has 0 spiro atoms. The van der Waals surface area contributed by atoms with Crippen LogP contribution in [0.2, 0.25) is 0 Å². The first-order valence-corrected chi connectivity index (χ1v) is 9.78. The number of carbonyl (C=O) groups excluding carboxylic acids is 1. The molecule has 3 aromatic rings. The zero-order valence-corrected chi connectivity index (χ0v) is 14.6. The van der Waals surface area contributed by atoms with Crippen molar-refractivity contribution in [1.29, 1.82) is 0 Å². The maximum absolute atomic E-state index is 12.2. The minimum Gasteiger partial charge on any atom is -0.352 e. The predicted octanol–water partition coefficient (Wildman–Crippen LogP) is 2.90. The van der Waals surface area contributed by atoms with E-state index >= 15 is 0 Å². The van der Waals surface area contributed by atoms with Crippen LogP contribution in [0.5, 0.6) is 0 Å². The van der Waals surface area contributed by atoms with Crippen molar-refractivity contribution in [2.45, 2.75) is 36.9 Å². The molecule has 5 rings (SSSR count). The van der Waals surface area contributed by atoms with Crippen LogP contribution >= 0.6 is 11.8 Å². The number of rotatable bonds is 4. The lowest BCUT2D eigenvalue weighted by atomic mass is 9.95. The molecule has 25 heavy (non-hydrogen) atoms. The number of benzene rings is 1. The van der Waals surface area contributed by atoms with Gasteiger partial charge in [-0.2, -0.15) is 0 Å². The summed E-state index contributed by atoms with van der Waals surface area (Å²) < 4.78 is 0. The van der Waals surface area contributed by atoms with Gasteiger partial charge in [0.2, 0.25) is 11.1 Å². The molecule has 1 aromatic carbocycles. The first-order chi connectivity index (χ1) is 12.3. The van der Waals surface area contributed by atoms with Crippen molar-refractivity contribution in [2.24, 2.45) is 11.8 Å². The standard InChI is InChI=1S/C18H19N5OS/c24-15(19-14-8-10-5-6-11(14)7-10)9-25-18-21-17-16(22-23-18)12-3-1-2-4-13(12)20-17/h1-4,10-11,14H,5-9H2,(H,19,24)(H,20,21,23)/t10-,11-,14-/m0/s1. The van der Waals surface area contributed by atoms with Gasteiger partial charge >= 0.3 is 0 Å². The van der Waals surface area contributed by atoms with Crippen LogP contribution in [0, 0.1) is 11.8 Å². The Labute approximate surface area is 149 Å². The molecule has 2 N–H and O–H groups in total. The molecule has 0 unspecified atom stereocenters. The first kappa shape index (κ1) is 15.1. The largest absolute Gasteiger partial charge is 0.352 e. The van der Waals surface area contributed by atoms with E-state index in [0.717, 1.165) is 28.8 Å². The number of aromatic amines is 1. The van der Waals surface area contributed by atoms with Crippen molar-refractivity contribution in [3.8, 4) is 0 Å². The fourth-order valence-corrected chi connectivity index (χ4v) is 4.96. The molecule has 7 heteroatoms. The molecule has 3 atom stereocenters. The van der Waals surface area contributed by atoms with Gasteiger partial charge in [-0.1, -0.05) is 36.4 Å². The van der Waals surface area contributed by atoms with Gasteiger partial charge in [-0.05, 0) is 37.2 Å². The summed E-state index contributed by atoms with van der Waals surface area (Å²) in [6, 6.07) is 8.32. The van der Waals surface area contributed by atoms with Gasteiger partial charge in [0, 0.05) is 16.9 Å². The summed E-state index contributed by atoms with van der Waals surface area (Å²) in [5, 5.41) is 13.2. The molecule has 128 valence electrons. The Bertz CT molecular complexity index is 955. The predicted molar refractivity (Wildman–Crippen MR) is 97.3 cm³/mol. The van der Waals surface area contributed by atoms with Gasteiger partial charge in [0.05, 0.1) is 5.75 Å². The van der Waals surface area contributed by atoms with Gasteiger partial charge in [-0.15, -0.1) is 10.2 Å². The van der Waals surface area contributed by atoms with Crippen LogP contribution in [0.25, 0.3) is 22.1 Å². The molecule has 2 fully saturated rings. The van der Waals surface area contributed by atoms with E-state index in [1.54, 1.807) is 0 Å². The van der Waals surface area contributed by atoms with Gasteiger partial charge in [0.1, 0.15) is 5.52 Å².